The summed E-state index contributed by atoms with van der Waals surface area (Å²) in [5, 5.41) is 3.77. The molecule has 0 radical (unpaired) electrons. The summed E-state index contributed by atoms with van der Waals surface area (Å²) >= 11 is 0. The largest absolute Gasteiger partial charge is 0.479 e. The summed E-state index contributed by atoms with van der Waals surface area (Å²) in [4.78, 5) is 4.42. The van der Waals surface area contributed by atoms with E-state index in [-0.39, 0.29) is 10.8 Å². The van der Waals surface area contributed by atoms with Crippen LogP contribution in [0.2, 0.25) is 0 Å². The van der Waals surface area contributed by atoms with E-state index >= 15 is 0 Å². The van der Waals surface area contributed by atoms with E-state index < -0.39 is 0 Å². The topological polar surface area (TPSA) is 47.6 Å². The maximum absolute atomic E-state index is 5.59. The Morgan fingerprint density at radius 3 is 2.44 bits per heavy atom. The molecule has 1 aromatic rings. The summed E-state index contributed by atoms with van der Waals surface area (Å²) in [5.74, 6) is 1.67. The van der Waals surface area contributed by atoms with Crippen molar-refractivity contribution >= 4 is 5.90 Å². The molecule has 2 rings (SSSR count). The molecule has 0 aliphatic carbocycles. The Kier molecular flexibility index (Phi) is 2.52. The Hall–Kier alpha value is -1.32. The van der Waals surface area contributed by atoms with E-state index in [9.17, 15) is 0 Å². The van der Waals surface area contributed by atoms with Crippen molar-refractivity contribution in [3.8, 4) is 0 Å². The van der Waals surface area contributed by atoms with Crippen molar-refractivity contribution in [2.24, 2.45) is 10.4 Å². The Balaban J connectivity index is 2.35. The third-order valence-corrected chi connectivity index (χ3v) is 3.74. The van der Waals surface area contributed by atoms with E-state index in [0.29, 0.717) is 6.61 Å². The zero-order valence-electron chi connectivity index (χ0n) is 10.3. The normalized spacial score (nSPS) is 17.1. The quantitative estimate of drug-likeness (QED) is 0.789. The van der Waals surface area contributed by atoms with Gasteiger partial charge in [0.05, 0.1) is 18.2 Å². The summed E-state index contributed by atoms with van der Waals surface area (Å²) in [7, 11) is 0. The van der Waals surface area contributed by atoms with Crippen LogP contribution in [-0.2, 0) is 10.2 Å². The molecule has 0 saturated carbocycles. The highest BCUT2D eigenvalue weighted by Gasteiger charge is 2.46. The summed E-state index contributed by atoms with van der Waals surface area (Å²) in [6.07, 6.45) is 1.67. The van der Waals surface area contributed by atoms with Crippen molar-refractivity contribution < 1.29 is 9.26 Å². The number of nitrogens with zero attached hydrogens (tertiary/aromatic N) is 2. The van der Waals surface area contributed by atoms with Gasteiger partial charge in [0.1, 0.15) is 12.4 Å². The average molecular weight is 222 g/mol. The summed E-state index contributed by atoms with van der Waals surface area (Å²) in [6.45, 7) is 9.94. The molecule has 1 aliphatic rings. The molecule has 4 heteroatoms. The Labute approximate surface area is 95.7 Å². The highest BCUT2D eigenvalue weighted by Crippen LogP contribution is 2.43. The number of hydrogen-bond donors (Lipinski definition) is 0. The molecule has 16 heavy (non-hydrogen) atoms. The highest BCUT2D eigenvalue weighted by atomic mass is 16.5. The van der Waals surface area contributed by atoms with Crippen LogP contribution >= 0.6 is 0 Å². The van der Waals surface area contributed by atoms with Crippen LogP contribution in [0.25, 0.3) is 0 Å². The molecule has 0 unspecified atom stereocenters. The third-order valence-electron chi connectivity index (χ3n) is 3.74. The zero-order chi connectivity index (χ0) is 11.8. The van der Waals surface area contributed by atoms with Gasteiger partial charge >= 0.3 is 0 Å². The molecule has 1 aromatic heterocycles. The predicted molar refractivity (Wildman–Crippen MR) is 61.6 cm³/mol. The first-order valence-electron chi connectivity index (χ1n) is 5.55. The lowest BCUT2D eigenvalue weighted by Crippen LogP contribution is -2.43. The van der Waals surface area contributed by atoms with Crippen LogP contribution in [0.3, 0.4) is 0 Å². The van der Waals surface area contributed by atoms with Gasteiger partial charge in [-0.05, 0) is 0 Å². The molecule has 0 fully saturated rings. The molecule has 88 valence electrons. The van der Waals surface area contributed by atoms with E-state index in [1.807, 2.05) is 6.07 Å². The Morgan fingerprint density at radius 1 is 1.19 bits per heavy atom. The number of rotatable bonds is 3. The Morgan fingerprint density at radius 2 is 1.94 bits per heavy atom. The van der Waals surface area contributed by atoms with Gasteiger partial charge in [-0.25, -0.2) is 0 Å². The van der Waals surface area contributed by atoms with Crippen LogP contribution in [0.4, 0.5) is 0 Å². The van der Waals surface area contributed by atoms with Gasteiger partial charge in [-0.15, -0.1) is 0 Å². The molecule has 4 nitrogen and oxygen atoms in total. The van der Waals surface area contributed by atoms with Gasteiger partial charge < -0.3 is 9.26 Å². The molecule has 0 N–H and O–H groups in total. The maximum Gasteiger partial charge on any atom is 0.190 e. The first-order valence-corrected chi connectivity index (χ1v) is 5.55. The summed E-state index contributed by atoms with van der Waals surface area (Å²) in [5.41, 5.74) is -0.407. The average Bonchev–Trinajstić information content (AvgIpc) is 2.91. The van der Waals surface area contributed by atoms with Crippen LogP contribution in [0.15, 0.2) is 21.8 Å². The smallest absolute Gasteiger partial charge is 0.190 e. The van der Waals surface area contributed by atoms with Crippen LogP contribution < -0.4 is 0 Å². The maximum atomic E-state index is 5.59. The van der Waals surface area contributed by atoms with Gasteiger partial charge in [-0.3, -0.25) is 4.99 Å². The molecular formula is C12H18N2O2. The molecule has 0 saturated heterocycles. The van der Waals surface area contributed by atoms with Crippen molar-refractivity contribution in [1.82, 2.24) is 5.16 Å². The van der Waals surface area contributed by atoms with Crippen molar-refractivity contribution in [3.63, 3.8) is 0 Å². The fraction of sp³-hybridized carbons (Fsp3) is 0.667. The minimum atomic E-state index is -0.205. The fourth-order valence-electron chi connectivity index (χ4n) is 1.83. The molecular weight excluding hydrogens is 204 g/mol. The van der Waals surface area contributed by atoms with E-state index in [1.165, 1.54) is 0 Å². The van der Waals surface area contributed by atoms with Crippen molar-refractivity contribution in [2.75, 3.05) is 13.2 Å². The Bertz CT molecular complexity index is 391. The number of hydrogen-bond acceptors (Lipinski definition) is 4. The van der Waals surface area contributed by atoms with Crippen LogP contribution in [-0.4, -0.2) is 24.2 Å². The number of ether oxygens (including phenoxy) is 1. The van der Waals surface area contributed by atoms with Gasteiger partial charge in [0, 0.05) is 11.5 Å². The molecule has 2 heterocycles. The van der Waals surface area contributed by atoms with Crippen LogP contribution in [0, 0.1) is 5.41 Å². The van der Waals surface area contributed by atoms with Gasteiger partial charge in [-0.2, -0.15) is 0 Å². The lowest BCUT2D eigenvalue weighted by atomic mass is 9.66. The minimum Gasteiger partial charge on any atom is -0.479 e. The second-order valence-corrected chi connectivity index (χ2v) is 5.16. The molecule has 0 atom stereocenters. The van der Waals surface area contributed by atoms with E-state index in [1.54, 1.807) is 6.20 Å². The number of aromatic nitrogens is 1. The fourth-order valence-corrected chi connectivity index (χ4v) is 1.83. The first kappa shape index (κ1) is 11.2. The van der Waals surface area contributed by atoms with Gasteiger partial charge in [0.15, 0.2) is 5.90 Å². The second-order valence-electron chi connectivity index (χ2n) is 5.16. The molecule has 0 amide bonds. The molecule has 0 spiro atoms. The number of aliphatic imine (C=N–C) groups is 1. The van der Waals surface area contributed by atoms with Gasteiger partial charge in [0.2, 0.25) is 0 Å². The lowest BCUT2D eigenvalue weighted by Gasteiger charge is -2.38. The SMILES string of the molecule is CC(C)(C1=NCCO1)C(C)(C)c1ccno1. The van der Waals surface area contributed by atoms with E-state index in [2.05, 4.69) is 37.8 Å². The molecule has 0 aromatic carbocycles. The second kappa shape index (κ2) is 3.61. The first-order chi connectivity index (χ1) is 7.46. The highest BCUT2D eigenvalue weighted by molar-refractivity contribution is 5.84. The summed E-state index contributed by atoms with van der Waals surface area (Å²) in [6, 6.07) is 1.90. The minimum absolute atomic E-state index is 0.202. The van der Waals surface area contributed by atoms with Crippen LogP contribution in [0.5, 0.6) is 0 Å². The van der Waals surface area contributed by atoms with Crippen molar-refractivity contribution in [1.29, 1.82) is 0 Å². The zero-order valence-corrected chi connectivity index (χ0v) is 10.3. The lowest BCUT2D eigenvalue weighted by molar-refractivity contribution is 0.184. The predicted octanol–water partition coefficient (Wildman–Crippen LogP) is 2.41. The van der Waals surface area contributed by atoms with Crippen LogP contribution in [0.1, 0.15) is 33.5 Å². The van der Waals surface area contributed by atoms with Gasteiger partial charge in [-0.1, -0.05) is 32.9 Å². The van der Waals surface area contributed by atoms with Gasteiger partial charge in [0.25, 0.3) is 0 Å². The standard InChI is InChI=1S/C12H18N2O2/c1-11(2,9-5-6-14-16-9)12(3,4)10-13-7-8-15-10/h5-6H,7-8H2,1-4H3. The molecule has 0 bridgehead atoms. The summed E-state index contributed by atoms with van der Waals surface area (Å²) < 4.78 is 10.9. The third kappa shape index (κ3) is 1.52. The monoisotopic (exact) mass is 222 g/mol. The van der Waals surface area contributed by atoms with E-state index in [0.717, 1.165) is 18.2 Å². The van der Waals surface area contributed by atoms with E-state index in [4.69, 9.17) is 9.26 Å². The van der Waals surface area contributed by atoms with Crippen molar-refractivity contribution in [2.45, 2.75) is 33.1 Å². The van der Waals surface area contributed by atoms with Crippen molar-refractivity contribution in [3.05, 3.63) is 18.0 Å². The molecule has 1 aliphatic heterocycles.